The highest BCUT2D eigenvalue weighted by atomic mass is 79.9. The van der Waals surface area contributed by atoms with Gasteiger partial charge in [0.2, 0.25) is 0 Å². The van der Waals surface area contributed by atoms with E-state index in [2.05, 4.69) is 51.9 Å². The van der Waals surface area contributed by atoms with E-state index in [-0.39, 0.29) is 6.04 Å². The summed E-state index contributed by atoms with van der Waals surface area (Å²) in [4.78, 5) is 0. The molecule has 0 radical (unpaired) electrons. The summed E-state index contributed by atoms with van der Waals surface area (Å²) in [6, 6.07) is 6.72. The van der Waals surface area contributed by atoms with Gasteiger partial charge in [0, 0.05) is 34.7 Å². The van der Waals surface area contributed by atoms with Gasteiger partial charge in [-0.05, 0) is 40.9 Å². The van der Waals surface area contributed by atoms with E-state index in [1.807, 2.05) is 6.92 Å². The molecule has 0 aliphatic carbocycles. The summed E-state index contributed by atoms with van der Waals surface area (Å²) in [5.74, 6) is 0. The Hall–Kier alpha value is -0.800. The molecule has 80 valence electrons. The van der Waals surface area contributed by atoms with Crippen LogP contribution in [0.1, 0.15) is 12.5 Å². The van der Waals surface area contributed by atoms with Crippen LogP contribution in [0.3, 0.4) is 0 Å². The van der Waals surface area contributed by atoms with Crippen molar-refractivity contribution in [3.05, 3.63) is 34.4 Å². The standard InChI is InChI=1S/C12H15BrN2/c1-8(14)5-9-3-4-10-11(13)7-15(2)12(10)6-9/h3-4,6-8H,5,14H2,1-2H3. The zero-order valence-corrected chi connectivity index (χ0v) is 10.6. The fourth-order valence-corrected chi connectivity index (χ4v) is 2.52. The van der Waals surface area contributed by atoms with Crippen LogP contribution in [0.2, 0.25) is 0 Å². The summed E-state index contributed by atoms with van der Waals surface area (Å²) in [5.41, 5.74) is 8.34. The average molecular weight is 267 g/mol. The van der Waals surface area contributed by atoms with Gasteiger partial charge >= 0.3 is 0 Å². The Morgan fingerprint density at radius 1 is 1.47 bits per heavy atom. The van der Waals surface area contributed by atoms with Gasteiger partial charge < -0.3 is 10.3 Å². The van der Waals surface area contributed by atoms with Gasteiger partial charge in [-0.15, -0.1) is 0 Å². The minimum absolute atomic E-state index is 0.214. The Bertz CT molecular complexity index is 486. The number of aromatic nitrogens is 1. The molecule has 1 unspecified atom stereocenters. The van der Waals surface area contributed by atoms with Crippen molar-refractivity contribution < 1.29 is 0 Å². The van der Waals surface area contributed by atoms with Crippen molar-refractivity contribution in [1.82, 2.24) is 4.57 Å². The third kappa shape index (κ3) is 2.08. The molecule has 0 aliphatic rings. The van der Waals surface area contributed by atoms with Gasteiger partial charge in [0.15, 0.2) is 0 Å². The number of fused-ring (bicyclic) bond motifs is 1. The van der Waals surface area contributed by atoms with Crippen LogP contribution >= 0.6 is 15.9 Å². The molecule has 1 aromatic heterocycles. The predicted molar refractivity (Wildman–Crippen MR) is 68.0 cm³/mol. The molecule has 0 aliphatic heterocycles. The molecule has 0 amide bonds. The summed E-state index contributed by atoms with van der Waals surface area (Å²) in [7, 11) is 2.06. The van der Waals surface area contributed by atoms with E-state index in [1.54, 1.807) is 0 Å². The lowest BCUT2D eigenvalue weighted by Crippen LogP contribution is -2.17. The maximum Gasteiger partial charge on any atom is 0.0492 e. The molecule has 0 bridgehead atoms. The molecule has 1 aromatic carbocycles. The highest BCUT2D eigenvalue weighted by molar-refractivity contribution is 9.10. The zero-order chi connectivity index (χ0) is 11.0. The topological polar surface area (TPSA) is 30.9 Å². The molecule has 0 fully saturated rings. The van der Waals surface area contributed by atoms with Crippen LogP contribution in [0, 0.1) is 0 Å². The summed E-state index contributed by atoms with van der Waals surface area (Å²) in [6.07, 6.45) is 3.01. The van der Waals surface area contributed by atoms with Gasteiger partial charge in [-0.2, -0.15) is 0 Å². The number of hydrogen-bond acceptors (Lipinski definition) is 1. The lowest BCUT2D eigenvalue weighted by atomic mass is 10.1. The first-order chi connectivity index (χ1) is 7.08. The number of nitrogens with zero attached hydrogens (tertiary/aromatic N) is 1. The molecular weight excluding hydrogens is 252 g/mol. The van der Waals surface area contributed by atoms with E-state index >= 15 is 0 Å². The maximum absolute atomic E-state index is 5.80. The molecule has 0 saturated heterocycles. The van der Waals surface area contributed by atoms with Crippen molar-refractivity contribution in [3.8, 4) is 0 Å². The maximum atomic E-state index is 5.80. The Morgan fingerprint density at radius 3 is 2.87 bits per heavy atom. The van der Waals surface area contributed by atoms with Crippen LogP contribution in [0.4, 0.5) is 0 Å². The molecule has 0 spiro atoms. The minimum atomic E-state index is 0.214. The summed E-state index contributed by atoms with van der Waals surface area (Å²) in [5, 5.41) is 1.26. The van der Waals surface area contributed by atoms with E-state index in [4.69, 9.17) is 5.73 Å². The first-order valence-corrected chi connectivity index (χ1v) is 5.86. The van der Waals surface area contributed by atoms with Crippen LogP contribution in [-0.4, -0.2) is 10.6 Å². The van der Waals surface area contributed by atoms with Gasteiger partial charge in [-0.1, -0.05) is 12.1 Å². The second-order valence-electron chi connectivity index (χ2n) is 4.12. The minimum Gasteiger partial charge on any atom is -0.349 e. The number of hydrogen-bond donors (Lipinski definition) is 1. The summed E-state index contributed by atoms with van der Waals surface area (Å²) < 4.78 is 3.27. The van der Waals surface area contributed by atoms with Crippen molar-refractivity contribution in [2.24, 2.45) is 12.8 Å². The average Bonchev–Trinajstić information content (AvgIpc) is 2.41. The van der Waals surface area contributed by atoms with E-state index in [1.165, 1.54) is 16.5 Å². The number of halogens is 1. The Balaban J connectivity index is 2.50. The van der Waals surface area contributed by atoms with Crippen LogP contribution in [0.15, 0.2) is 28.9 Å². The Labute approximate surface area is 98.2 Å². The van der Waals surface area contributed by atoms with Gasteiger partial charge in [-0.25, -0.2) is 0 Å². The zero-order valence-electron chi connectivity index (χ0n) is 9.00. The number of benzene rings is 1. The first-order valence-electron chi connectivity index (χ1n) is 5.07. The molecule has 3 heteroatoms. The van der Waals surface area contributed by atoms with E-state index in [0.717, 1.165) is 10.9 Å². The lowest BCUT2D eigenvalue weighted by molar-refractivity contribution is 0.738. The van der Waals surface area contributed by atoms with Crippen molar-refractivity contribution >= 4 is 26.8 Å². The molecule has 15 heavy (non-hydrogen) atoms. The summed E-state index contributed by atoms with van der Waals surface area (Å²) >= 11 is 3.55. The van der Waals surface area contributed by atoms with E-state index in [9.17, 15) is 0 Å². The molecule has 1 heterocycles. The summed E-state index contributed by atoms with van der Waals surface area (Å²) in [6.45, 7) is 2.03. The quantitative estimate of drug-likeness (QED) is 0.891. The van der Waals surface area contributed by atoms with Gasteiger partial charge in [0.05, 0.1) is 0 Å². The number of aryl methyl sites for hydroxylation is 1. The molecular formula is C12H15BrN2. The smallest absolute Gasteiger partial charge is 0.0492 e. The third-order valence-corrected chi connectivity index (χ3v) is 3.20. The second kappa shape index (κ2) is 3.99. The van der Waals surface area contributed by atoms with Crippen LogP contribution in [0.25, 0.3) is 10.9 Å². The van der Waals surface area contributed by atoms with Gasteiger partial charge in [-0.3, -0.25) is 0 Å². The molecule has 2 N–H and O–H groups in total. The van der Waals surface area contributed by atoms with Crippen LogP contribution in [-0.2, 0) is 13.5 Å². The molecule has 0 saturated carbocycles. The Morgan fingerprint density at radius 2 is 2.20 bits per heavy atom. The van der Waals surface area contributed by atoms with Crippen molar-refractivity contribution in [2.75, 3.05) is 0 Å². The first kappa shape index (κ1) is 10.7. The van der Waals surface area contributed by atoms with Crippen LogP contribution in [0.5, 0.6) is 0 Å². The predicted octanol–water partition coefficient (Wildman–Crippen LogP) is 2.83. The molecule has 2 aromatic rings. The number of nitrogens with two attached hydrogens (primary N) is 1. The van der Waals surface area contributed by atoms with E-state index in [0.29, 0.717) is 0 Å². The molecule has 2 rings (SSSR count). The van der Waals surface area contributed by atoms with Gasteiger partial charge in [0.1, 0.15) is 0 Å². The largest absolute Gasteiger partial charge is 0.349 e. The molecule has 1 atom stereocenters. The normalized spacial score (nSPS) is 13.3. The highest BCUT2D eigenvalue weighted by Gasteiger charge is 2.05. The number of rotatable bonds is 2. The lowest BCUT2D eigenvalue weighted by Gasteiger charge is -2.05. The van der Waals surface area contributed by atoms with E-state index < -0.39 is 0 Å². The SMILES string of the molecule is CC(N)Cc1ccc2c(Br)cn(C)c2c1. The van der Waals surface area contributed by atoms with Crippen molar-refractivity contribution in [1.29, 1.82) is 0 Å². The van der Waals surface area contributed by atoms with Crippen molar-refractivity contribution in [2.45, 2.75) is 19.4 Å². The Kier molecular flexibility index (Phi) is 2.85. The fourth-order valence-electron chi connectivity index (χ4n) is 1.88. The van der Waals surface area contributed by atoms with Crippen molar-refractivity contribution in [3.63, 3.8) is 0 Å². The third-order valence-electron chi connectivity index (χ3n) is 2.56. The van der Waals surface area contributed by atoms with Crippen LogP contribution < -0.4 is 5.73 Å². The van der Waals surface area contributed by atoms with Gasteiger partial charge in [0.25, 0.3) is 0 Å². The molecule has 2 nitrogen and oxygen atoms in total. The monoisotopic (exact) mass is 266 g/mol. The fraction of sp³-hybridized carbons (Fsp3) is 0.333. The highest BCUT2D eigenvalue weighted by Crippen LogP contribution is 2.26. The second-order valence-corrected chi connectivity index (χ2v) is 4.98.